The molecule has 1 aromatic heterocycles. The molecule has 0 radical (unpaired) electrons. The molecule has 1 aliphatic rings. The Kier molecular flexibility index (Phi) is 5.90. The molecule has 29 heavy (non-hydrogen) atoms. The van der Waals surface area contributed by atoms with E-state index < -0.39 is 30.2 Å². The first-order valence-corrected chi connectivity index (χ1v) is 10.4. The molecule has 2 heterocycles. The molecule has 1 saturated heterocycles. The molecule has 0 unspecified atom stereocenters. The Morgan fingerprint density at radius 3 is 2.55 bits per heavy atom. The van der Waals surface area contributed by atoms with Gasteiger partial charge in [-0.2, -0.15) is 5.26 Å². The Morgan fingerprint density at radius 2 is 1.97 bits per heavy atom. The van der Waals surface area contributed by atoms with Crippen molar-refractivity contribution in [2.45, 2.75) is 58.7 Å². The lowest BCUT2D eigenvalue weighted by molar-refractivity contribution is 0.00578. The van der Waals surface area contributed by atoms with Gasteiger partial charge >= 0.3 is 13.2 Å². The van der Waals surface area contributed by atoms with Crippen molar-refractivity contribution in [1.29, 1.82) is 5.26 Å². The van der Waals surface area contributed by atoms with E-state index in [4.69, 9.17) is 14.0 Å². The van der Waals surface area contributed by atoms with Gasteiger partial charge < -0.3 is 14.0 Å². The number of anilines is 1. The first kappa shape index (κ1) is 21.6. The SMILES string of the molecule is CCCCOC(=O)Nc1sc2c(F)ccc(B3OC(C)(C)C(C)(C)O3)c2c1C#N. The lowest BCUT2D eigenvalue weighted by Gasteiger charge is -2.32. The number of amides is 1. The van der Waals surface area contributed by atoms with Crippen LogP contribution in [0.25, 0.3) is 10.1 Å². The van der Waals surface area contributed by atoms with Gasteiger partial charge in [-0.25, -0.2) is 9.18 Å². The molecule has 1 fully saturated rings. The molecule has 3 rings (SSSR count). The first-order valence-electron chi connectivity index (χ1n) is 9.55. The summed E-state index contributed by atoms with van der Waals surface area (Å²) in [4.78, 5) is 12.0. The van der Waals surface area contributed by atoms with Gasteiger partial charge in [-0.3, -0.25) is 5.32 Å². The van der Waals surface area contributed by atoms with Gasteiger partial charge in [0.1, 0.15) is 16.9 Å². The van der Waals surface area contributed by atoms with Crippen molar-refractivity contribution in [2.24, 2.45) is 0 Å². The fraction of sp³-hybridized carbons (Fsp3) is 0.500. The summed E-state index contributed by atoms with van der Waals surface area (Å²) in [6.45, 7) is 9.96. The molecule has 1 aliphatic heterocycles. The summed E-state index contributed by atoms with van der Waals surface area (Å²) < 4.78 is 32.1. The van der Waals surface area contributed by atoms with Crippen LogP contribution in [0.1, 0.15) is 53.0 Å². The lowest BCUT2D eigenvalue weighted by Crippen LogP contribution is -2.41. The van der Waals surface area contributed by atoms with E-state index in [-0.39, 0.29) is 21.9 Å². The number of thiophene rings is 1. The van der Waals surface area contributed by atoms with Gasteiger partial charge in [-0.05, 0) is 45.6 Å². The highest BCUT2D eigenvalue weighted by molar-refractivity contribution is 7.23. The van der Waals surface area contributed by atoms with Crippen LogP contribution in [0.4, 0.5) is 14.2 Å². The molecule has 0 atom stereocenters. The van der Waals surface area contributed by atoms with E-state index in [1.807, 2.05) is 34.6 Å². The third kappa shape index (κ3) is 3.97. The Hall–Kier alpha value is -2.15. The molecule has 1 amide bonds. The molecule has 1 aromatic carbocycles. The van der Waals surface area contributed by atoms with Crippen LogP contribution in [0.5, 0.6) is 0 Å². The smallest absolute Gasteiger partial charge is 0.449 e. The largest absolute Gasteiger partial charge is 0.495 e. The number of nitrogens with one attached hydrogen (secondary N) is 1. The second kappa shape index (κ2) is 7.94. The molecular formula is C20H24BFN2O4S. The van der Waals surface area contributed by atoms with Gasteiger partial charge in [-0.1, -0.05) is 19.4 Å². The highest BCUT2D eigenvalue weighted by Gasteiger charge is 2.52. The maximum Gasteiger partial charge on any atom is 0.495 e. The average Bonchev–Trinajstić information content (AvgIpc) is 3.09. The first-order chi connectivity index (χ1) is 13.6. The van der Waals surface area contributed by atoms with Gasteiger partial charge in [0.15, 0.2) is 0 Å². The number of ether oxygens (including phenoxy) is 1. The van der Waals surface area contributed by atoms with E-state index in [0.29, 0.717) is 10.8 Å². The second-order valence-corrected chi connectivity index (χ2v) is 8.98. The summed E-state index contributed by atoms with van der Waals surface area (Å²) in [6, 6.07) is 4.98. The number of fused-ring (bicyclic) bond motifs is 1. The van der Waals surface area contributed by atoms with E-state index in [0.717, 1.165) is 24.2 Å². The molecule has 0 aliphatic carbocycles. The molecular weight excluding hydrogens is 394 g/mol. The molecule has 0 bridgehead atoms. The predicted octanol–water partition coefficient (Wildman–Crippen LogP) is 4.56. The molecule has 0 spiro atoms. The van der Waals surface area contributed by atoms with Gasteiger partial charge in [0.25, 0.3) is 0 Å². The summed E-state index contributed by atoms with van der Waals surface area (Å²) in [5, 5.41) is 13.0. The van der Waals surface area contributed by atoms with Crippen LogP contribution < -0.4 is 10.8 Å². The Bertz CT molecular complexity index is 967. The molecule has 9 heteroatoms. The average molecular weight is 418 g/mol. The standard InChI is InChI=1S/C20H24BFN2O4S/c1-6-7-10-26-18(25)24-17-12(11-23)15-13(8-9-14(22)16(15)29-17)21-27-19(2,3)20(4,5)28-21/h8-9H,6-7,10H2,1-5H3,(H,24,25). The zero-order chi connectivity index (χ0) is 21.4. The van der Waals surface area contributed by atoms with Crippen LogP contribution in [0, 0.1) is 17.1 Å². The number of benzene rings is 1. The summed E-state index contributed by atoms with van der Waals surface area (Å²) in [5.74, 6) is -0.478. The van der Waals surface area contributed by atoms with Crippen molar-refractivity contribution in [3.8, 4) is 6.07 Å². The number of carbonyl (C=O) groups excluding carboxylic acids is 1. The monoisotopic (exact) mass is 418 g/mol. The van der Waals surface area contributed by atoms with Crippen molar-refractivity contribution in [3.63, 3.8) is 0 Å². The predicted molar refractivity (Wildman–Crippen MR) is 112 cm³/mol. The van der Waals surface area contributed by atoms with Crippen LogP contribution in [0.15, 0.2) is 12.1 Å². The number of carbonyl (C=O) groups is 1. The number of hydrogen-bond acceptors (Lipinski definition) is 6. The van der Waals surface area contributed by atoms with Crippen LogP contribution in [-0.4, -0.2) is 31.0 Å². The Balaban J connectivity index is 2.02. The van der Waals surface area contributed by atoms with Crippen LogP contribution >= 0.6 is 11.3 Å². The van der Waals surface area contributed by atoms with E-state index in [1.165, 1.54) is 6.07 Å². The second-order valence-electron chi connectivity index (χ2n) is 7.96. The highest BCUT2D eigenvalue weighted by Crippen LogP contribution is 2.40. The molecule has 6 nitrogen and oxygen atoms in total. The molecule has 2 aromatic rings. The maximum atomic E-state index is 14.5. The van der Waals surface area contributed by atoms with Gasteiger partial charge in [0.05, 0.1) is 28.1 Å². The lowest BCUT2D eigenvalue weighted by atomic mass is 9.76. The summed E-state index contributed by atoms with van der Waals surface area (Å²) in [5.41, 5.74) is -0.432. The van der Waals surface area contributed by atoms with Crippen molar-refractivity contribution in [3.05, 3.63) is 23.5 Å². The van der Waals surface area contributed by atoms with Crippen molar-refractivity contribution in [2.75, 3.05) is 11.9 Å². The van der Waals surface area contributed by atoms with E-state index in [1.54, 1.807) is 6.07 Å². The van der Waals surface area contributed by atoms with Crippen molar-refractivity contribution < 1.29 is 23.2 Å². The quantitative estimate of drug-likeness (QED) is 0.569. The summed E-state index contributed by atoms with van der Waals surface area (Å²) >= 11 is 0.995. The number of nitriles is 1. The van der Waals surface area contributed by atoms with Crippen LogP contribution in [-0.2, 0) is 14.0 Å². The van der Waals surface area contributed by atoms with E-state index in [2.05, 4.69) is 11.4 Å². The molecule has 1 N–H and O–H groups in total. The third-order valence-corrected chi connectivity index (χ3v) is 6.50. The van der Waals surface area contributed by atoms with Crippen molar-refractivity contribution in [1.82, 2.24) is 0 Å². The van der Waals surface area contributed by atoms with Gasteiger partial charge in [-0.15, -0.1) is 11.3 Å². The van der Waals surface area contributed by atoms with Gasteiger partial charge in [0, 0.05) is 5.39 Å². The number of hydrogen-bond donors (Lipinski definition) is 1. The zero-order valence-corrected chi connectivity index (χ0v) is 18.0. The molecule has 154 valence electrons. The number of halogens is 1. The summed E-state index contributed by atoms with van der Waals surface area (Å²) in [6.07, 6.45) is 0.965. The minimum atomic E-state index is -0.755. The fourth-order valence-electron chi connectivity index (χ4n) is 3.00. The number of unbranched alkanes of at least 4 members (excludes halogenated alkanes) is 1. The van der Waals surface area contributed by atoms with Crippen LogP contribution in [0.2, 0.25) is 0 Å². The van der Waals surface area contributed by atoms with Crippen molar-refractivity contribution >= 4 is 45.1 Å². The minimum absolute atomic E-state index is 0.168. The Labute approximate surface area is 174 Å². The number of rotatable bonds is 5. The number of nitrogens with zero attached hydrogens (tertiary/aromatic N) is 1. The Morgan fingerprint density at radius 1 is 1.31 bits per heavy atom. The maximum absolute atomic E-state index is 14.5. The van der Waals surface area contributed by atoms with Gasteiger partial charge in [0.2, 0.25) is 0 Å². The van der Waals surface area contributed by atoms with E-state index >= 15 is 0 Å². The highest BCUT2D eigenvalue weighted by atomic mass is 32.1. The normalized spacial score (nSPS) is 17.3. The minimum Gasteiger partial charge on any atom is -0.449 e. The van der Waals surface area contributed by atoms with Crippen LogP contribution in [0.3, 0.4) is 0 Å². The zero-order valence-electron chi connectivity index (χ0n) is 17.2. The summed E-state index contributed by atoms with van der Waals surface area (Å²) in [7, 11) is -0.755. The topological polar surface area (TPSA) is 80.6 Å². The fourth-order valence-corrected chi connectivity index (χ4v) is 4.07. The third-order valence-electron chi connectivity index (χ3n) is 5.39. The molecule has 0 saturated carbocycles. The van der Waals surface area contributed by atoms with E-state index in [9.17, 15) is 14.4 Å².